The third-order valence-electron chi connectivity index (χ3n) is 2.44. The van der Waals surface area contributed by atoms with E-state index in [0.29, 0.717) is 0 Å². The van der Waals surface area contributed by atoms with Gasteiger partial charge >= 0.3 is 0 Å². The molecule has 0 saturated heterocycles. The van der Waals surface area contributed by atoms with Crippen LogP contribution in [0, 0.1) is 11.6 Å². The predicted octanol–water partition coefficient (Wildman–Crippen LogP) is 5.16. The Morgan fingerprint density at radius 2 is 1.47 bits per heavy atom. The van der Waals surface area contributed by atoms with Gasteiger partial charge in [-0.25, -0.2) is 8.78 Å². The van der Waals surface area contributed by atoms with E-state index >= 15 is 0 Å². The van der Waals surface area contributed by atoms with E-state index in [1.807, 2.05) is 0 Å². The van der Waals surface area contributed by atoms with E-state index in [4.69, 9.17) is 34.8 Å². The lowest BCUT2D eigenvalue weighted by molar-refractivity contribution is 0.103. The maximum Gasteiger partial charge on any atom is 0.194 e. The van der Waals surface area contributed by atoms with Gasteiger partial charge in [0, 0.05) is 11.1 Å². The maximum absolute atomic E-state index is 13.1. The molecule has 2 aromatic rings. The highest BCUT2D eigenvalue weighted by Crippen LogP contribution is 2.27. The molecule has 0 fully saturated rings. The number of carbonyl (C=O) groups excluding carboxylic acids is 1. The van der Waals surface area contributed by atoms with Crippen LogP contribution in [0.3, 0.4) is 0 Å². The molecule has 0 N–H and O–H groups in total. The zero-order chi connectivity index (χ0) is 14.2. The molecule has 0 atom stereocenters. The molecule has 0 unspecified atom stereocenters. The van der Waals surface area contributed by atoms with Gasteiger partial charge in [-0.2, -0.15) is 0 Å². The van der Waals surface area contributed by atoms with Gasteiger partial charge in [0.2, 0.25) is 0 Å². The highest BCUT2D eigenvalue weighted by atomic mass is 35.5. The van der Waals surface area contributed by atoms with Crippen LogP contribution in [0.5, 0.6) is 0 Å². The summed E-state index contributed by atoms with van der Waals surface area (Å²) in [5.74, 6) is -2.83. The number of hydrogen-bond donors (Lipinski definition) is 0. The summed E-state index contributed by atoms with van der Waals surface area (Å²) in [5, 5.41) is 0.302. The van der Waals surface area contributed by atoms with Gasteiger partial charge in [0.25, 0.3) is 0 Å². The number of ketones is 1. The Labute approximate surface area is 122 Å². The van der Waals surface area contributed by atoms with Gasteiger partial charge in [0.15, 0.2) is 17.4 Å². The first-order chi connectivity index (χ1) is 8.90. The molecule has 0 bridgehead atoms. The molecule has 6 heteroatoms. The second-order valence-electron chi connectivity index (χ2n) is 3.70. The zero-order valence-electron chi connectivity index (χ0n) is 9.18. The minimum absolute atomic E-state index is 0.140. The third-order valence-corrected chi connectivity index (χ3v) is 3.49. The van der Waals surface area contributed by atoms with Crippen molar-refractivity contribution in [3.8, 4) is 0 Å². The van der Waals surface area contributed by atoms with Crippen molar-refractivity contribution in [1.29, 1.82) is 0 Å². The summed E-state index contributed by atoms with van der Waals surface area (Å²) in [4.78, 5) is 12.1. The summed E-state index contributed by atoms with van der Waals surface area (Å²) in [6.45, 7) is 0. The van der Waals surface area contributed by atoms with Crippen LogP contribution in [0.1, 0.15) is 15.9 Å². The standard InChI is InChI=1S/C13H5Cl3F2O/c14-8-2-1-6(3-10(8)16)13(19)7-4-11(17)12(18)5-9(7)15/h1-5H. The first-order valence-electron chi connectivity index (χ1n) is 5.04. The predicted molar refractivity (Wildman–Crippen MR) is 71.3 cm³/mol. The van der Waals surface area contributed by atoms with E-state index in [1.54, 1.807) is 0 Å². The normalized spacial score (nSPS) is 10.6. The van der Waals surface area contributed by atoms with Crippen LogP contribution in [-0.2, 0) is 0 Å². The molecule has 0 amide bonds. The van der Waals surface area contributed by atoms with Crippen molar-refractivity contribution >= 4 is 40.6 Å². The van der Waals surface area contributed by atoms with E-state index in [1.165, 1.54) is 18.2 Å². The fourth-order valence-corrected chi connectivity index (χ4v) is 2.02. The lowest BCUT2D eigenvalue weighted by Crippen LogP contribution is -2.04. The van der Waals surface area contributed by atoms with Gasteiger partial charge in [0.05, 0.1) is 15.1 Å². The summed E-state index contributed by atoms with van der Waals surface area (Å²) < 4.78 is 26.1. The average Bonchev–Trinajstić information content (AvgIpc) is 2.36. The molecule has 0 spiro atoms. The molecule has 98 valence electrons. The highest BCUT2D eigenvalue weighted by Gasteiger charge is 2.17. The van der Waals surface area contributed by atoms with E-state index in [0.717, 1.165) is 12.1 Å². The van der Waals surface area contributed by atoms with Crippen molar-refractivity contribution in [1.82, 2.24) is 0 Å². The smallest absolute Gasteiger partial charge is 0.194 e. The van der Waals surface area contributed by atoms with Crippen LogP contribution in [0.25, 0.3) is 0 Å². The summed E-state index contributed by atoms with van der Waals surface area (Å²) in [7, 11) is 0. The topological polar surface area (TPSA) is 17.1 Å². The average molecular weight is 322 g/mol. The second-order valence-corrected chi connectivity index (χ2v) is 4.93. The van der Waals surface area contributed by atoms with Crippen molar-refractivity contribution in [3.05, 3.63) is 68.2 Å². The Morgan fingerprint density at radius 1 is 0.842 bits per heavy atom. The van der Waals surface area contributed by atoms with E-state index in [2.05, 4.69) is 0 Å². The number of halogens is 5. The molecular weight excluding hydrogens is 316 g/mol. The molecule has 0 aliphatic heterocycles. The number of rotatable bonds is 2. The minimum atomic E-state index is -1.15. The van der Waals surface area contributed by atoms with E-state index in [9.17, 15) is 13.6 Å². The number of carbonyl (C=O) groups is 1. The van der Waals surface area contributed by atoms with Crippen molar-refractivity contribution in [3.63, 3.8) is 0 Å². The van der Waals surface area contributed by atoms with Crippen LogP contribution < -0.4 is 0 Å². The molecule has 0 radical (unpaired) electrons. The van der Waals surface area contributed by atoms with Crippen LogP contribution in [0.2, 0.25) is 15.1 Å². The van der Waals surface area contributed by atoms with Crippen LogP contribution in [-0.4, -0.2) is 5.78 Å². The van der Waals surface area contributed by atoms with Gasteiger partial charge in [-0.1, -0.05) is 34.8 Å². The summed E-state index contributed by atoms with van der Waals surface area (Å²) in [6.07, 6.45) is 0. The summed E-state index contributed by atoms with van der Waals surface area (Å²) >= 11 is 17.3. The molecule has 0 aliphatic carbocycles. The van der Waals surface area contributed by atoms with Crippen molar-refractivity contribution in [2.24, 2.45) is 0 Å². The fraction of sp³-hybridized carbons (Fsp3) is 0. The lowest BCUT2D eigenvalue weighted by atomic mass is 10.0. The van der Waals surface area contributed by atoms with E-state index < -0.39 is 17.4 Å². The van der Waals surface area contributed by atoms with Crippen molar-refractivity contribution in [2.75, 3.05) is 0 Å². The zero-order valence-corrected chi connectivity index (χ0v) is 11.5. The molecule has 0 aliphatic rings. The Bertz CT molecular complexity index is 671. The molecule has 0 heterocycles. The van der Waals surface area contributed by atoms with Gasteiger partial charge in [0.1, 0.15) is 0 Å². The summed E-state index contributed by atoms with van der Waals surface area (Å²) in [6, 6.07) is 5.70. The molecular formula is C13H5Cl3F2O. The van der Waals surface area contributed by atoms with Gasteiger partial charge in [-0.15, -0.1) is 0 Å². The quantitative estimate of drug-likeness (QED) is 0.552. The summed E-state index contributed by atoms with van der Waals surface area (Å²) in [5.41, 5.74) is 0.0428. The highest BCUT2D eigenvalue weighted by molar-refractivity contribution is 6.42. The van der Waals surface area contributed by atoms with Gasteiger partial charge in [-0.3, -0.25) is 4.79 Å². The second kappa shape index (κ2) is 5.45. The van der Waals surface area contributed by atoms with Crippen molar-refractivity contribution < 1.29 is 13.6 Å². The molecule has 0 saturated carbocycles. The molecule has 19 heavy (non-hydrogen) atoms. The van der Waals surface area contributed by atoms with Gasteiger partial charge < -0.3 is 0 Å². The largest absolute Gasteiger partial charge is 0.289 e. The molecule has 2 aromatic carbocycles. The first-order valence-corrected chi connectivity index (χ1v) is 6.18. The van der Waals surface area contributed by atoms with Crippen molar-refractivity contribution in [2.45, 2.75) is 0 Å². The Morgan fingerprint density at radius 3 is 2.11 bits per heavy atom. The Hall–Kier alpha value is -1.16. The first kappa shape index (κ1) is 14.3. The molecule has 2 rings (SSSR count). The van der Waals surface area contributed by atoms with E-state index in [-0.39, 0.29) is 26.2 Å². The number of hydrogen-bond acceptors (Lipinski definition) is 1. The maximum atomic E-state index is 13.1. The van der Waals surface area contributed by atoms with Crippen LogP contribution >= 0.6 is 34.8 Å². The lowest BCUT2D eigenvalue weighted by Gasteiger charge is -2.06. The number of benzene rings is 2. The van der Waals surface area contributed by atoms with Gasteiger partial charge in [-0.05, 0) is 30.3 Å². The van der Waals surface area contributed by atoms with Crippen LogP contribution in [0.15, 0.2) is 30.3 Å². The molecule has 0 aromatic heterocycles. The third kappa shape index (κ3) is 2.89. The molecule has 1 nitrogen and oxygen atoms in total. The monoisotopic (exact) mass is 320 g/mol. The minimum Gasteiger partial charge on any atom is -0.289 e. The fourth-order valence-electron chi connectivity index (χ4n) is 1.49. The Kier molecular flexibility index (Phi) is 4.09. The van der Waals surface area contributed by atoms with Crippen LogP contribution in [0.4, 0.5) is 8.78 Å². The Balaban J connectivity index is 2.49. The SMILES string of the molecule is O=C(c1ccc(Cl)c(Cl)c1)c1cc(F)c(F)cc1Cl.